The smallest absolute Gasteiger partial charge is 0.238 e. The zero-order chi connectivity index (χ0) is 20.3. The lowest BCUT2D eigenvalue weighted by molar-refractivity contribution is -0.117. The summed E-state index contributed by atoms with van der Waals surface area (Å²) in [6.07, 6.45) is 0.163. The Morgan fingerprint density at radius 3 is 2.24 bits per heavy atom. The van der Waals surface area contributed by atoms with Gasteiger partial charge < -0.3 is 5.32 Å². The number of carbonyl (C=O) groups is 2. The molecule has 1 heterocycles. The highest BCUT2D eigenvalue weighted by Gasteiger charge is 2.49. The molecule has 1 saturated heterocycles. The van der Waals surface area contributed by atoms with E-state index >= 15 is 0 Å². The maximum absolute atomic E-state index is 13.0. The average Bonchev–Trinajstić information content (AvgIpc) is 3.07. The van der Waals surface area contributed by atoms with E-state index in [1.807, 2.05) is 91.9 Å². The zero-order valence-corrected chi connectivity index (χ0v) is 17.0. The van der Waals surface area contributed by atoms with Crippen LogP contribution in [-0.4, -0.2) is 17.6 Å². The van der Waals surface area contributed by atoms with Crippen molar-refractivity contribution in [2.75, 3.05) is 16.0 Å². The van der Waals surface area contributed by atoms with Crippen LogP contribution in [0.15, 0.2) is 84.9 Å². The molecule has 146 valence electrons. The number of amides is 2. The molecule has 2 amide bonds. The number of benzene rings is 3. The number of para-hydroxylation sites is 1. The highest BCUT2D eigenvalue weighted by molar-refractivity contribution is 8.01. The summed E-state index contributed by atoms with van der Waals surface area (Å²) in [6, 6.07) is 27.1. The van der Waals surface area contributed by atoms with Crippen LogP contribution in [0.5, 0.6) is 0 Å². The van der Waals surface area contributed by atoms with Gasteiger partial charge in [0.1, 0.15) is 4.87 Å². The van der Waals surface area contributed by atoms with Crippen LogP contribution in [0.4, 0.5) is 11.4 Å². The maximum Gasteiger partial charge on any atom is 0.238 e. The first kappa shape index (κ1) is 19.3. The molecular weight excluding hydrogens is 380 g/mol. The molecule has 1 atom stereocenters. The Kier molecular flexibility index (Phi) is 5.41. The second kappa shape index (κ2) is 8.13. The van der Waals surface area contributed by atoms with Crippen LogP contribution in [0, 0.1) is 6.92 Å². The predicted molar refractivity (Wildman–Crippen MR) is 119 cm³/mol. The molecule has 4 rings (SSSR count). The zero-order valence-electron chi connectivity index (χ0n) is 16.2. The van der Waals surface area contributed by atoms with Gasteiger partial charge in [-0.05, 0) is 36.8 Å². The molecule has 1 aliphatic heterocycles. The minimum Gasteiger partial charge on any atom is -0.326 e. The summed E-state index contributed by atoms with van der Waals surface area (Å²) >= 11 is 1.51. The van der Waals surface area contributed by atoms with Gasteiger partial charge in [0, 0.05) is 11.4 Å². The molecule has 0 spiro atoms. The van der Waals surface area contributed by atoms with Crippen LogP contribution in [0.2, 0.25) is 0 Å². The van der Waals surface area contributed by atoms with E-state index in [4.69, 9.17) is 0 Å². The lowest BCUT2D eigenvalue weighted by atomic mass is 9.99. The quantitative estimate of drug-likeness (QED) is 0.656. The van der Waals surface area contributed by atoms with Gasteiger partial charge in [0.05, 0.1) is 12.2 Å². The highest BCUT2D eigenvalue weighted by atomic mass is 32.2. The molecule has 0 radical (unpaired) electrons. The summed E-state index contributed by atoms with van der Waals surface area (Å²) in [5.41, 5.74) is 3.62. The van der Waals surface area contributed by atoms with Crippen LogP contribution in [0.3, 0.4) is 0 Å². The van der Waals surface area contributed by atoms with Crippen molar-refractivity contribution in [2.45, 2.75) is 18.2 Å². The Hall–Kier alpha value is -3.05. The standard InChI is InChI=1S/C24H22N2O2S/c1-18-12-14-21(15-13-18)26-23(28)17-29-24(26,19-8-4-2-5-9-19)16-22(27)25-20-10-6-3-7-11-20/h2-15H,16-17H2,1H3,(H,25,27). The van der Waals surface area contributed by atoms with Crippen LogP contribution < -0.4 is 10.2 Å². The first-order chi connectivity index (χ1) is 14.1. The molecule has 1 fully saturated rings. The van der Waals surface area contributed by atoms with Gasteiger partial charge in [-0.1, -0.05) is 66.2 Å². The SMILES string of the molecule is Cc1ccc(N2C(=O)CSC2(CC(=O)Nc2ccccc2)c2ccccc2)cc1. The molecule has 0 bridgehead atoms. The largest absolute Gasteiger partial charge is 0.326 e. The molecule has 1 unspecified atom stereocenters. The van der Waals surface area contributed by atoms with E-state index in [0.717, 1.165) is 22.5 Å². The van der Waals surface area contributed by atoms with Crippen LogP contribution in [0.25, 0.3) is 0 Å². The molecule has 29 heavy (non-hydrogen) atoms. The number of carbonyl (C=O) groups excluding carboxylic acids is 2. The van der Waals surface area contributed by atoms with Crippen LogP contribution in [0.1, 0.15) is 17.5 Å². The number of thioether (sulfide) groups is 1. The Labute approximate surface area is 174 Å². The second-order valence-corrected chi connectivity index (χ2v) is 8.35. The monoisotopic (exact) mass is 402 g/mol. The third-order valence-electron chi connectivity index (χ3n) is 5.02. The summed E-state index contributed by atoms with van der Waals surface area (Å²) in [5.74, 6) is 0.219. The number of hydrogen-bond donors (Lipinski definition) is 1. The Bertz CT molecular complexity index is 1010. The molecule has 0 aliphatic carbocycles. The Balaban J connectivity index is 1.73. The third kappa shape index (κ3) is 3.91. The summed E-state index contributed by atoms with van der Waals surface area (Å²) in [4.78, 5) is 27.0. The normalized spacial score (nSPS) is 18.7. The van der Waals surface area contributed by atoms with Gasteiger partial charge in [0.25, 0.3) is 0 Å². The van der Waals surface area contributed by atoms with Gasteiger partial charge in [-0.25, -0.2) is 0 Å². The number of rotatable bonds is 5. The van der Waals surface area contributed by atoms with Crippen molar-refractivity contribution in [3.8, 4) is 0 Å². The van der Waals surface area contributed by atoms with E-state index < -0.39 is 4.87 Å². The molecule has 3 aromatic carbocycles. The lowest BCUT2D eigenvalue weighted by Crippen LogP contribution is -2.44. The average molecular weight is 403 g/mol. The van der Waals surface area contributed by atoms with E-state index in [2.05, 4.69) is 5.32 Å². The number of anilines is 2. The van der Waals surface area contributed by atoms with E-state index in [1.54, 1.807) is 4.90 Å². The maximum atomic E-state index is 13.0. The fourth-order valence-electron chi connectivity index (χ4n) is 3.65. The Morgan fingerprint density at radius 1 is 0.966 bits per heavy atom. The first-order valence-electron chi connectivity index (χ1n) is 9.53. The van der Waals surface area contributed by atoms with E-state index in [9.17, 15) is 9.59 Å². The molecule has 3 aromatic rings. The van der Waals surface area contributed by atoms with Gasteiger partial charge in [0.2, 0.25) is 11.8 Å². The highest BCUT2D eigenvalue weighted by Crippen LogP contribution is 2.50. The molecular formula is C24H22N2O2S. The summed E-state index contributed by atoms with van der Waals surface area (Å²) in [6.45, 7) is 2.02. The molecule has 5 heteroatoms. The van der Waals surface area contributed by atoms with Crippen molar-refractivity contribution >= 4 is 35.0 Å². The minimum absolute atomic E-state index is 0.00946. The lowest BCUT2D eigenvalue weighted by Gasteiger charge is -2.37. The van der Waals surface area contributed by atoms with E-state index in [1.165, 1.54) is 11.8 Å². The van der Waals surface area contributed by atoms with Crippen LogP contribution in [-0.2, 0) is 14.5 Å². The predicted octanol–water partition coefficient (Wildman–Crippen LogP) is 4.96. The van der Waals surface area contributed by atoms with E-state index in [-0.39, 0.29) is 18.2 Å². The summed E-state index contributed by atoms with van der Waals surface area (Å²) in [7, 11) is 0. The topological polar surface area (TPSA) is 49.4 Å². The van der Waals surface area contributed by atoms with Crippen molar-refractivity contribution in [2.24, 2.45) is 0 Å². The molecule has 0 aromatic heterocycles. The minimum atomic E-state index is -0.785. The van der Waals surface area contributed by atoms with Crippen molar-refractivity contribution in [3.63, 3.8) is 0 Å². The molecule has 1 aliphatic rings. The van der Waals surface area contributed by atoms with E-state index in [0.29, 0.717) is 5.75 Å². The second-order valence-electron chi connectivity index (χ2n) is 7.09. The van der Waals surface area contributed by atoms with Crippen LogP contribution >= 0.6 is 11.8 Å². The molecule has 1 N–H and O–H groups in total. The van der Waals surface area contributed by atoms with Gasteiger partial charge >= 0.3 is 0 Å². The molecule has 0 saturated carbocycles. The number of aryl methyl sites for hydroxylation is 1. The van der Waals surface area contributed by atoms with Gasteiger partial charge in [-0.2, -0.15) is 0 Å². The third-order valence-corrected chi connectivity index (χ3v) is 6.45. The van der Waals surface area contributed by atoms with Gasteiger partial charge in [-0.15, -0.1) is 11.8 Å². The van der Waals surface area contributed by atoms with Gasteiger partial charge in [-0.3, -0.25) is 14.5 Å². The fraction of sp³-hybridized carbons (Fsp3) is 0.167. The number of hydrogen-bond acceptors (Lipinski definition) is 3. The van der Waals surface area contributed by atoms with Crippen molar-refractivity contribution < 1.29 is 9.59 Å². The van der Waals surface area contributed by atoms with Crippen molar-refractivity contribution in [3.05, 3.63) is 96.1 Å². The van der Waals surface area contributed by atoms with Gasteiger partial charge in [0.15, 0.2) is 0 Å². The summed E-state index contributed by atoms with van der Waals surface area (Å²) < 4.78 is 0. The first-order valence-corrected chi connectivity index (χ1v) is 10.5. The number of nitrogens with one attached hydrogen (secondary N) is 1. The van der Waals surface area contributed by atoms with Crippen molar-refractivity contribution in [1.82, 2.24) is 0 Å². The summed E-state index contributed by atoms with van der Waals surface area (Å²) in [5, 5.41) is 2.97. The Morgan fingerprint density at radius 2 is 1.59 bits per heavy atom. The fourth-order valence-corrected chi connectivity index (χ4v) is 5.01. The van der Waals surface area contributed by atoms with Crippen molar-refractivity contribution in [1.29, 1.82) is 0 Å². The number of nitrogens with zero attached hydrogens (tertiary/aromatic N) is 1. The molecule has 4 nitrogen and oxygen atoms in total.